The predicted molar refractivity (Wildman–Crippen MR) is 75.2 cm³/mol. The largest absolute Gasteiger partial charge is 0.326 e. The molecule has 102 valence electrons. The first-order valence-electron chi connectivity index (χ1n) is 6.62. The molecule has 1 saturated heterocycles. The van der Waals surface area contributed by atoms with Crippen LogP contribution in [-0.2, 0) is 16.4 Å². The van der Waals surface area contributed by atoms with Crippen molar-refractivity contribution in [3.63, 3.8) is 0 Å². The minimum Gasteiger partial charge on any atom is -0.326 e. The summed E-state index contributed by atoms with van der Waals surface area (Å²) in [6, 6.07) is 5.35. The average Bonchev–Trinajstić information content (AvgIpc) is 2.97. The summed E-state index contributed by atoms with van der Waals surface area (Å²) in [6.07, 6.45) is 4.14. The van der Waals surface area contributed by atoms with Gasteiger partial charge in [-0.3, -0.25) is 4.90 Å². The summed E-state index contributed by atoms with van der Waals surface area (Å²) >= 11 is 0. The Labute approximate surface area is 113 Å². The van der Waals surface area contributed by atoms with Crippen LogP contribution in [0.15, 0.2) is 28.0 Å². The first-order valence-corrected chi connectivity index (χ1v) is 8.10. The lowest BCUT2D eigenvalue weighted by molar-refractivity contribution is 0.374. The second-order valence-corrected chi connectivity index (χ2v) is 7.14. The first-order chi connectivity index (χ1) is 9.11. The van der Waals surface area contributed by atoms with Crippen LogP contribution in [0.3, 0.4) is 0 Å². The van der Waals surface area contributed by atoms with Crippen molar-refractivity contribution in [2.45, 2.75) is 24.3 Å². The summed E-state index contributed by atoms with van der Waals surface area (Å²) in [4.78, 5) is 3.16. The van der Waals surface area contributed by atoms with Gasteiger partial charge in [0.05, 0.1) is 9.80 Å². The zero-order valence-corrected chi connectivity index (χ0v) is 11.6. The third kappa shape index (κ3) is 2.22. The van der Waals surface area contributed by atoms with E-state index in [0.717, 1.165) is 37.1 Å². The van der Waals surface area contributed by atoms with E-state index < -0.39 is 9.84 Å². The number of hydrogen-bond donors (Lipinski definition) is 1. The molecule has 1 aromatic carbocycles. The van der Waals surface area contributed by atoms with E-state index in [1.807, 2.05) is 12.1 Å². The standard InChI is InChI=1S/C14H18N2O2S/c15-9-11-3-4-14-12(7-11)8-13(19(14,17)18)10-16-5-1-2-6-16/h3-4,7-8H,1-2,5-6,9-10,15H2. The van der Waals surface area contributed by atoms with Crippen molar-refractivity contribution in [3.05, 3.63) is 34.2 Å². The summed E-state index contributed by atoms with van der Waals surface area (Å²) in [5, 5.41) is 0. The molecule has 1 fully saturated rings. The minimum atomic E-state index is -3.28. The van der Waals surface area contributed by atoms with E-state index in [1.165, 1.54) is 0 Å². The van der Waals surface area contributed by atoms with Crippen LogP contribution in [0.25, 0.3) is 6.08 Å². The van der Waals surface area contributed by atoms with Crippen LogP contribution in [0, 0.1) is 0 Å². The van der Waals surface area contributed by atoms with Crippen LogP contribution < -0.4 is 5.73 Å². The van der Waals surface area contributed by atoms with Crippen molar-refractivity contribution in [3.8, 4) is 0 Å². The second kappa shape index (κ2) is 4.74. The predicted octanol–water partition coefficient (Wildman–Crippen LogP) is 1.37. The van der Waals surface area contributed by atoms with Gasteiger partial charge >= 0.3 is 0 Å². The van der Waals surface area contributed by atoms with Crippen molar-refractivity contribution in [1.29, 1.82) is 0 Å². The molecule has 0 saturated carbocycles. The van der Waals surface area contributed by atoms with Gasteiger partial charge in [0.15, 0.2) is 0 Å². The Balaban J connectivity index is 1.94. The third-order valence-corrected chi connectivity index (χ3v) is 5.73. The van der Waals surface area contributed by atoms with Crippen LogP contribution in [0.2, 0.25) is 0 Å². The van der Waals surface area contributed by atoms with Crippen molar-refractivity contribution in [2.24, 2.45) is 5.73 Å². The maximum Gasteiger partial charge on any atom is 0.204 e. The molecule has 0 bridgehead atoms. The first kappa shape index (κ1) is 12.8. The van der Waals surface area contributed by atoms with Gasteiger partial charge in [-0.15, -0.1) is 0 Å². The van der Waals surface area contributed by atoms with E-state index in [0.29, 0.717) is 22.9 Å². The van der Waals surface area contributed by atoms with E-state index in [-0.39, 0.29) is 0 Å². The molecule has 2 aliphatic rings. The highest BCUT2D eigenvalue weighted by Crippen LogP contribution is 2.34. The Bertz CT molecular complexity index is 629. The van der Waals surface area contributed by atoms with Crippen LogP contribution >= 0.6 is 0 Å². The van der Waals surface area contributed by atoms with Gasteiger partial charge in [0.1, 0.15) is 0 Å². The zero-order chi connectivity index (χ0) is 13.5. The normalized spacial score (nSPS) is 21.4. The summed E-state index contributed by atoms with van der Waals surface area (Å²) in [5.41, 5.74) is 7.35. The van der Waals surface area contributed by atoms with Gasteiger partial charge in [0.2, 0.25) is 9.84 Å². The lowest BCUT2D eigenvalue weighted by atomic mass is 10.1. The number of nitrogens with zero attached hydrogens (tertiary/aromatic N) is 1. The fourth-order valence-corrected chi connectivity index (χ4v) is 4.36. The molecule has 2 heterocycles. The summed E-state index contributed by atoms with van der Waals surface area (Å²) in [6.45, 7) is 2.96. The average molecular weight is 278 g/mol. The molecule has 0 atom stereocenters. The Morgan fingerprint density at radius 1 is 1.21 bits per heavy atom. The van der Waals surface area contributed by atoms with Gasteiger partial charge in [-0.25, -0.2) is 8.42 Å². The van der Waals surface area contributed by atoms with Crippen molar-refractivity contribution in [1.82, 2.24) is 4.90 Å². The molecule has 0 unspecified atom stereocenters. The van der Waals surface area contributed by atoms with Crippen molar-refractivity contribution >= 4 is 15.9 Å². The van der Waals surface area contributed by atoms with Crippen LogP contribution in [0.5, 0.6) is 0 Å². The van der Waals surface area contributed by atoms with Crippen molar-refractivity contribution < 1.29 is 8.42 Å². The molecule has 0 aliphatic carbocycles. The zero-order valence-electron chi connectivity index (χ0n) is 10.8. The highest BCUT2D eigenvalue weighted by Gasteiger charge is 2.31. The lowest BCUT2D eigenvalue weighted by Gasteiger charge is -2.14. The molecule has 2 aliphatic heterocycles. The lowest BCUT2D eigenvalue weighted by Crippen LogP contribution is -2.23. The number of fused-ring (bicyclic) bond motifs is 1. The van der Waals surface area contributed by atoms with E-state index in [4.69, 9.17) is 5.73 Å². The van der Waals surface area contributed by atoms with E-state index in [9.17, 15) is 8.42 Å². The number of hydrogen-bond acceptors (Lipinski definition) is 4. The van der Waals surface area contributed by atoms with Crippen LogP contribution in [-0.4, -0.2) is 33.0 Å². The highest BCUT2D eigenvalue weighted by atomic mass is 32.2. The quantitative estimate of drug-likeness (QED) is 0.907. The fourth-order valence-electron chi connectivity index (χ4n) is 2.77. The number of likely N-dealkylation sites (tertiary alicyclic amines) is 1. The Morgan fingerprint density at radius 2 is 1.95 bits per heavy atom. The van der Waals surface area contributed by atoms with Gasteiger partial charge in [0.25, 0.3) is 0 Å². The SMILES string of the molecule is NCc1ccc2c(c1)C=C(CN1CCCC1)S2(=O)=O. The van der Waals surface area contributed by atoms with E-state index in [1.54, 1.807) is 12.1 Å². The van der Waals surface area contributed by atoms with Gasteiger partial charge in [-0.1, -0.05) is 6.07 Å². The van der Waals surface area contributed by atoms with Crippen molar-refractivity contribution in [2.75, 3.05) is 19.6 Å². The second-order valence-electron chi connectivity index (χ2n) is 5.17. The molecule has 19 heavy (non-hydrogen) atoms. The third-order valence-electron chi connectivity index (χ3n) is 3.84. The highest BCUT2D eigenvalue weighted by molar-refractivity contribution is 7.95. The summed E-state index contributed by atoms with van der Waals surface area (Å²) < 4.78 is 24.9. The molecular weight excluding hydrogens is 260 g/mol. The summed E-state index contributed by atoms with van der Waals surface area (Å²) in [5.74, 6) is 0. The van der Waals surface area contributed by atoms with E-state index >= 15 is 0 Å². The molecule has 3 rings (SSSR count). The molecular formula is C14H18N2O2S. The molecule has 5 heteroatoms. The molecule has 0 radical (unpaired) electrons. The summed E-state index contributed by atoms with van der Waals surface area (Å²) in [7, 11) is -3.28. The Hall–Kier alpha value is -1.17. The van der Waals surface area contributed by atoms with Crippen LogP contribution in [0.4, 0.5) is 0 Å². The number of sulfone groups is 1. The number of rotatable bonds is 3. The molecule has 0 amide bonds. The van der Waals surface area contributed by atoms with E-state index in [2.05, 4.69) is 4.90 Å². The maximum atomic E-state index is 12.4. The molecule has 0 spiro atoms. The van der Waals surface area contributed by atoms with Gasteiger partial charge in [-0.2, -0.15) is 0 Å². The number of nitrogens with two attached hydrogens (primary N) is 1. The molecule has 1 aromatic rings. The molecule has 2 N–H and O–H groups in total. The van der Waals surface area contributed by atoms with Gasteiger partial charge in [-0.05, 0) is 55.3 Å². The molecule has 0 aromatic heterocycles. The smallest absolute Gasteiger partial charge is 0.204 e. The Kier molecular flexibility index (Phi) is 3.20. The van der Waals surface area contributed by atoms with Gasteiger partial charge in [0, 0.05) is 13.1 Å². The topological polar surface area (TPSA) is 63.4 Å². The monoisotopic (exact) mass is 278 g/mol. The van der Waals surface area contributed by atoms with Crippen LogP contribution in [0.1, 0.15) is 24.0 Å². The molecule has 4 nitrogen and oxygen atoms in total. The maximum absolute atomic E-state index is 12.4. The van der Waals surface area contributed by atoms with Gasteiger partial charge < -0.3 is 5.73 Å². The fraction of sp³-hybridized carbons (Fsp3) is 0.429. The number of benzene rings is 1. The Morgan fingerprint density at radius 3 is 2.63 bits per heavy atom. The minimum absolute atomic E-state index is 0.430.